The van der Waals surface area contributed by atoms with E-state index in [1.807, 2.05) is 12.1 Å². The van der Waals surface area contributed by atoms with Gasteiger partial charge in [-0.05, 0) is 24.6 Å². The molecule has 0 aliphatic rings. The Hall–Kier alpha value is -1.84. The van der Waals surface area contributed by atoms with Gasteiger partial charge in [-0.1, -0.05) is 6.07 Å². The Labute approximate surface area is 80.9 Å². The van der Waals surface area contributed by atoms with Crippen LogP contribution in [0.15, 0.2) is 18.2 Å². The number of carbonyl (C=O) groups excluding carboxylic acids is 1. The molecule has 0 unspecified atom stereocenters. The number of ether oxygens (including phenoxy) is 1. The summed E-state index contributed by atoms with van der Waals surface area (Å²) in [6, 6.07) is 5.48. The molecule has 1 aromatic heterocycles. The van der Waals surface area contributed by atoms with Crippen LogP contribution in [0.1, 0.15) is 16.1 Å². The molecular weight excluding hydrogens is 180 g/mol. The van der Waals surface area contributed by atoms with E-state index in [0.717, 1.165) is 16.5 Å². The van der Waals surface area contributed by atoms with Crippen LogP contribution in [0, 0.1) is 6.92 Å². The van der Waals surface area contributed by atoms with Gasteiger partial charge in [-0.3, -0.25) is 5.10 Å². The SMILES string of the molecule is [CH2]c1ccc2[nH]nc(C(=O)OC)c2c1. The molecule has 2 aromatic rings. The summed E-state index contributed by atoms with van der Waals surface area (Å²) in [6.07, 6.45) is 0. The van der Waals surface area contributed by atoms with Crippen molar-refractivity contribution in [2.75, 3.05) is 7.11 Å². The third-order valence-corrected chi connectivity index (χ3v) is 2.01. The average molecular weight is 189 g/mol. The minimum atomic E-state index is -0.443. The van der Waals surface area contributed by atoms with E-state index in [1.54, 1.807) is 6.07 Å². The highest BCUT2D eigenvalue weighted by Gasteiger charge is 2.13. The number of carbonyl (C=O) groups is 1. The van der Waals surface area contributed by atoms with E-state index in [2.05, 4.69) is 21.9 Å². The highest BCUT2D eigenvalue weighted by atomic mass is 16.5. The number of aromatic nitrogens is 2. The minimum Gasteiger partial charge on any atom is -0.464 e. The number of rotatable bonds is 1. The number of hydrogen-bond donors (Lipinski definition) is 1. The van der Waals surface area contributed by atoms with Crippen molar-refractivity contribution in [2.45, 2.75) is 0 Å². The van der Waals surface area contributed by atoms with Crippen molar-refractivity contribution in [3.63, 3.8) is 0 Å². The lowest BCUT2D eigenvalue weighted by atomic mass is 10.1. The summed E-state index contributed by atoms with van der Waals surface area (Å²) < 4.78 is 4.60. The van der Waals surface area contributed by atoms with Gasteiger partial charge >= 0.3 is 5.97 Å². The predicted molar refractivity (Wildman–Crippen MR) is 51.9 cm³/mol. The number of nitrogens with zero attached hydrogens (tertiary/aromatic N) is 1. The van der Waals surface area contributed by atoms with Crippen LogP contribution < -0.4 is 0 Å². The number of methoxy groups -OCH3 is 1. The molecule has 1 radical (unpaired) electrons. The zero-order valence-electron chi connectivity index (χ0n) is 7.70. The van der Waals surface area contributed by atoms with Gasteiger partial charge in [-0.25, -0.2) is 4.79 Å². The lowest BCUT2D eigenvalue weighted by Gasteiger charge is -1.95. The summed E-state index contributed by atoms with van der Waals surface area (Å²) in [6.45, 7) is 3.78. The topological polar surface area (TPSA) is 55.0 Å². The largest absolute Gasteiger partial charge is 0.464 e. The highest BCUT2D eigenvalue weighted by molar-refractivity contribution is 6.02. The fourth-order valence-electron chi connectivity index (χ4n) is 1.31. The summed E-state index contributed by atoms with van der Waals surface area (Å²) in [7, 11) is 1.33. The smallest absolute Gasteiger partial charge is 0.359 e. The van der Waals surface area contributed by atoms with Crippen molar-refractivity contribution in [1.29, 1.82) is 0 Å². The van der Waals surface area contributed by atoms with E-state index < -0.39 is 5.97 Å². The Morgan fingerprint density at radius 1 is 1.57 bits per heavy atom. The molecule has 0 amide bonds. The van der Waals surface area contributed by atoms with Crippen molar-refractivity contribution >= 4 is 16.9 Å². The average Bonchev–Trinajstić information content (AvgIpc) is 2.59. The van der Waals surface area contributed by atoms with Gasteiger partial charge in [0.15, 0.2) is 5.69 Å². The van der Waals surface area contributed by atoms with Crippen LogP contribution in [0.2, 0.25) is 0 Å². The van der Waals surface area contributed by atoms with Gasteiger partial charge in [-0.2, -0.15) is 5.10 Å². The molecule has 0 saturated carbocycles. The van der Waals surface area contributed by atoms with Crippen molar-refractivity contribution in [3.05, 3.63) is 36.4 Å². The van der Waals surface area contributed by atoms with E-state index >= 15 is 0 Å². The summed E-state index contributed by atoms with van der Waals surface area (Å²) in [5, 5.41) is 7.37. The maximum atomic E-state index is 11.3. The lowest BCUT2D eigenvalue weighted by Crippen LogP contribution is -2.01. The van der Waals surface area contributed by atoms with E-state index in [4.69, 9.17) is 0 Å². The fraction of sp³-hybridized carbons (Fsp3) is 0.100. The van der Waals surface area contributed by atoms with Gasteiger partial charge in [0.25, 0.3) is 0 Å². The van der Waals surface area contributed by atoms with E-state index in [1.165, 1.54) is 7.11 Å². The van der Waals surface area contributed by atoms with E-state index in [-0.39, 0.29) is 0 Å². The molecule has 0 fully saturated rings. The third-order valence-electron chi connectivity index (χ3n) is 2.01. The van der Waals surface area contributed by atoms with Crippen LogP contribution in [0.3, 0.4) is 0 Å². The van der Waals surface area contributed by atoms with Gasteiger partial charge in [0.2, 0.25) is 0 Å². The standard InChI is InChI=1S/C10H9N2O2/c1-6-3-4-8-7(5-6)9(12-11-8)10(13)14-2/h3-5H,1H2,2H3,(H,11,12). The molecule has 0 atom stereocenters. The number of H-pyrrole nitrogens is 1. The minimum absolute atomic E-state index is 0.299. The maximum absolute atomic E-state index is 11.3. The summed E-state index contributed by atoms with van der Waals surface area (Å²) in [5.74, 6) is -0.443. The van der Waals surface area contributed by atoms with Crippen LogP contribution in [0.5, 0.6) is 0 Å². The third kappa shape index (κ3) is 1.25. The molecule has 0 spiro atoms. The van der Waals surface area contributed by atoms with Crippen molar-refractivity contribution < 1.29 is 9.53 Å². The van der Waals surface area contributed by atoms with Gasteiger partial charge < -0.3 is 4.74 Å². The van der Waals surface area contributed by atoms with E-state index in [9.17, 15) is 4.79 Å². The molecule has 4 nitrogen and oxygen atoms in total. The lowest BCUT2D eigenvalue weighted by molar-refractivity contribution is 0.0596. The van der Waals surface area contributed by atoms with Crippen LogP contribution >= 0.6 is 0 Å². The van der Waals surface area contributed by atoms with Crippen LogP contribution in [-0.4, -0.2) is 23.3 Å². The zero-order chi connectivity index (χ0) is 10.1. The fourth-order valence-corrected chi connectivity index (χ4v) is 1.31. The Bertz CT molecular complexity index is 488. The first-order chi connectivity index (χ1) is 6.72. The number of nitrogens with one attached hydrogen (secondary N) is 1. The Balaban J connectivity index is 2.67. The molecule has 0 aliphatic heterocycles. The molecule has 2 rings (SSSR count). The first kappa shape index (κ1) is 8.74. The first-order valence-corrected chi connectivity index (χ1v) is 4.11. The number of esters is 1. The number of benzene rings is 1. The summed E-state index contributed by atoms with van der Waals surface area (Å²) in [5.41, 5.74) is 1.94. The predicted octanol–water partition coefficient (Wildman–Crippen LogP) is 1.53. The Kier molecular flexibility index (Phi) is 1.96. The van der Waals surface area contributed by atoms with Gasteiger partial charge in [-0.15, -0.1) is 0 Å². The second kappa shape index (κ2) is 3.14. The molecule has 0 bridgehead atoms. The second-order valence-electron chi connectivity index (χ2n) is 2.94. The Morgan fingerprint density at radius 2 is 2.36 bits per heavy atom. The molecule has 1 aromatic carbocycles. The van der Waals surface area contributed by atoms with Crippen LogP contribution in [0.4, 0.5) is 0 Å². The molecule has 14 heavy (non-hydrogen) atoms. The van der Waals surface area contributed by atoms with Crippen LogP contribution in [-0.2, 0) is 4.74 Å². The molecule has 0 saturated heterocycles. The maximum Gasteiger partial charge on any atom is 0.359 e. The molecule has 0 aliphatic carbocycles. The van der Waals surface area contributed by atoms with E-state index in [0.29, 0.717) is 5.69 Å². The number of fused-ring (bicyclic) bond motifs is 1. The zero-order valence-corrected chi connectivity index (χ0v) is 7.70. The van der Waals surface area contributed by atoms with Crippen molar-refractivity contribution in [1.82, 2.24) is 10.2 Å². The molecular formula is C10H9N2O2. The Morgan fingerprint density at radius 3 is 3.07 bits per heavy atom. The molecule has 4 heteroatoms. The monoisotopic (exact) mass is 189 g/mol. The molecule has 1 heterocycles. The highest BCUT2D eigenvalue weighted by Crippen LogP contribution is 2.17. The van der Waals surface area contributed by atoms with Gasteiger partial charge in [0.05, 0.1) is 12.6 Å². The molecule has 71 valence electrons. The summed E-state index contributed by atoms with van der Waals surface area (Å²) in [4.78, 5) is 11.3. The first-order valence-electron chi connectivity index (χ1n) is 4.11. The van der Waals surface area contributed by atoms with Gasteiger partial charge in [0, 0.05) is 5.39 Å². The second-order valence-corrected chi connectivity index (χ2v) is 2.94. The van der Waals surface area contributed by atoms with Gasteiger partial charge in [0.1, 0.15) is 0 Å². The van der Waals surface area contributed by atoms with Crippen molar-refractivity contribution in [3.8, 4) is 0 Å². The number of hydrogen-bond acceptors (Lipinski definition) is 3. The number of aromatic amines is 1. The van der Waals surface area contributed by atoms with Crippen molar-refractivity contribution in [2.24, 2.45) is 0 Å². The molecule has 1 N–H and O–H groups in total. The van der Waals surface area contributed by atoms with Crippen LogP contribution in [0.25, 0.3) is 10.9 Å². The quantitative estimate of drug-likeness (QED) is 0.692. The summed E-state index contributed by atoms with van der Waals surface area (Å²) >= 11 is 0. The normalized spacial score (nSPS) is 10.4.